The molecule has 0 bridgehead atoms. The number of thioether (sulfide) groups is 2. The minimum atomic E-state index is 0.862. The van der Waals surface area contributed by atoms with Gasteiger partial charge in [-0.3, -0.25) is 9.80 Å². The summed E-state index contributed by atoms with van der Waals surface area (Å²) in [6, 6.07) is 4.18. The highest BCUT2D eigenvalue weighted by molar-refractivity contribution is 7.99. The van der Waals surface area contributed by atoms with E-state index in [1.807, 2.05) is 0 Å². The summed E-state index contributed by atoms with van der Waals surface area (Å²) in [7, 11) is 0. The molecule has 3 rings (SSSR count). The monoisotopic (exact) mass is 370 g/mol. The van der Waals surface area contributed by atoms with Gasteiger partial charge in [0.25, 0.3) is 0 Å². The van der Waals surface area contributed by atoms with Crippen molar-refractivity contribution in [1.82, 2.24) is 20.0 Å². The molecule has 6 nitrogen and oxygen atoms in total. The first-order chi connectivity index (χ1) is 11.9. The Morgan fingerprint density at radius 1 is 0.750 bits per heavy atom. The zero-order valence-corrected chi connectivity index (χ0v) is 15.7. The second-order valence-corrected chi connectivity index (χ2v) is 8.05. The highest BCUT2D eigenvalue weighted by atomic mass is 32.2. The number of rotatable bonds is 8. The molecule has 24 heavy (non-hydrogen) atoms. The van der Waals surface area contributed by atoms with E-state index in [2.05, 4.69) is 32.1 Å². The van der Waals surface area contributed by atoms with E-state index >= 15 is 0 Å². The molecule has 0 spiro atoms. The Hall–Kier alpha value is -0.380. The molecule has 2 fully saturated rings. The van der Waals surface area contributed by atoms with Crippen LogP contribution in [0.5, 0.6) is 0 Å². The van der Waals surface area contributed by atoms with Gasteiger partial charge in [0.15, 0.2) is 0 Å². The highest BCUT2D eigenvalue weighted by Gasteiger charge is 2.11. The van der Waals surface area contributed by atoms with Gasteiger partial charge in [-0.1, -0.05) is 0 Å². The lowest BCUT2D eigenvalue weighted by molar-refractivity contribution is 0.0409. The van der Waals surface area contributed by atoms with Crippen LogP contribution in [0.3, 0.4) is 0 Å². The average Bonchev–Trinajstić information content (AvgIpc) is 2.65. The molecule has 0 N–H and O–H groups in total. The summed E-state index contributed by atoms with van der Waals surface area (Å²) in [6.07, 6.45) is 0. The lowest BCUT2D eigenvalue weighted by atomic mass is 10.4. The number of hydrogen-bond donors (Lipinski definition) is 0. The molecule has 0 unspecified atom stereocenters. The Morgan fingerprint density at radius 3 is 1.54 bits per heavy atom. The van der Waals surface area contributed by atoms with E-state index in [1.165, 1.54) is 0 Å². The largest absolute Gasteiger partial charge is 0.379 e. The summed E-state index contributed by atoms with van der Waals surface area (Å²) in [6.45, 7) is 9.81. The fourth-order valence-electron chi connectivity index (χ4n) is 2.67. The van der Waals surface area contributed by atoms with Crippen LogP contribution in [0.1, 0.15) is 0 Å². The van der Waals surface area contributed by atoms with Gasteiger partial charge in [-0.05, 0) is 12.1 Å². The van der Waals surface area contributed by atoms with Crippen molar-refractivity contribution in [2.24, 2.45) is 0 Å². The first-order valence-corrected chi connectivity index (χ1v) is 10.6. The van der Waals surface area contributed by atoms with Crippen molar-refractivity contribution >= 4 is 23.5 Å². The number of morpholine rings is 2. The van der Waals surface area contributed by atoms with Gasteiger partial charge in [0.05, 0.1) is 26.4 Å². The fraction of sp³-hybridized carbons (Fsp3) is 0.750. The smallest absolute Gasteiger partial charge is 0.119 e. The van der Waals surface area contributed by atoms with Crippen LogP contribution in [0.2, 0.25) is 0 Å². The molecule has 0 atom stereocenters. The van der Waals surface area contributed by atoms with Crippen LogP contribution in [0.4, 0.5) is 0 Å². The molecule has 0 radical (unpaired) electrons. The Labute approximate surface area is 152 Å². The number of aromatic nitrogens is 2. The Morgan fingerprint density at radius 2 is 1.17 bits per heavy atom. The first kappa shape index (κ1) is 18.4. The topological polar surface area (TPSA) is 50.7 Å². The Bertz CT molecular complexity index is 423. The molecule has 2 aliphatic rings. The normalized spacial score (nSPS) is 20.3. The van der Waals surface area contributed by atoms with Crippen LogP contribution in [-0.4, -0.2) is 97.2 Å². The van der Waals surface area contributed by atoms with E-state index in [-0.39, 0.29) is 0 Å². The molecule has 0 aliphatic carbocycles. The number of nitrogens with zero attached hydrogens (tertiary/aromatic N) is 4. The molecule has 0 aromatic carbocycles. The Balaban J connectivity index is 1.31. The zero-order chi connectivity index (χ0) is 16.5. The third-order valence-corrected chi connectivity index (χ3v) is 5.94. The van der Waals surface area contributed by atoms with Crippen molar-refractivity contribution in [2.45, 2.75) is 10.1 Å². The van der Waals surface area contributed by atoms with Gasteiger partial charge in [-0.2, -0.15) is 0 Å². The maximum Gasteiger partial charge on any atom is 0.119 e. The van der Waals surface area contributed by atoms with E-state index in [0.717, 1.165) is 87.3 Å². The van der Waals surface area contributed by atoms with Gasteiger partial charge in [-0.25, -0.2) is 0 Å². The molecular formula is C16H26N4O2S2. The molecular weight excluding hydrogens is 344 g/mol. The predicted octanol–water partition coefficient (Wildman–Crippen LogP) is 1.33. The summed E-state index contributed by atoms with van der Waals surface area (Å²) in [5.74, 6) is 2.11. The minimum Gasteiger partial charge on any atom is -0.379 e. The van der Waals surface area contributed by atoms with Gasteiger partial charge in [-0.15, -0.1) is 33.7 Å². The van der Waals surface area contributed by atoms with Crippen LogP contribution in [-0.2, 0) is 9.47 Å². The van der Waals surface area contributed by atoms with Gasteiger partial charge in [0.1, 0.15) is 10.1 Å². The van der Waals surface area contributed by atoms with Crippen molar-refractivity contribution < 1.29 is 9.47 Å². The molecule has 134 valence electrons. The SMILES string of the molecule is c1cc(SCCN2CCOCC2)nnc1SCCN1CCOCC1. The van der Waals surface area contributed by atoms with E-state index in [1.54, 1.807) is 23.5 Å². The summed E-state index contributed by atoms with van der Waals surface area (Å²) in [4.78, 5) is 4.89. The molecule has 1 aromatic heterocycles. The number of ether oxygens (including phenoxy) is 2. The van der Waals surface area contributed by atoms with Crippen molar-refractivity contribution in [3.63, 3.8) is 0 Å². The second kappa shape index (κ2) is 10.6. The van der Waals surface area contributed by atoms with Gasteiger partial charge < -0.3 is 9.47 Å². The van der Waals surface area contributed by atoms with Gasteiger partial charge in [0.2, 0.25) is 0 Å². The molecule has 1 aromatic rings. The van der Waals surface area contributed by atoms with Gasteiger partial charge in [0, 0.05) is 50.8 Å². The highest BCUT2D eigenvalue weighted by Crippen LogP contribution is 2.19. The van der Waals surface area contributed by atoms with Crippen LogP contribution in [0.15, 0.2) is 22.2 Å². The lowest BCUT2D eigenvalue weighted by Gasteiger charge is -2.26. The van der Waals surface area contributed by atoms with Crippen LogP contribution in [0, 0.1) is 0 Å². The predicted molar refractivity (Wildman–Crippen MR) is 98.0 cm³/mol. The van der Waals surface area contributed by atoms with Crippen molar-refractivity contribution in [3.05, 3.63) is 12.1 Å². The summed E-state index contributed by atoms with van der Waals surface area (Å²) < 4.78 is 10.7. The van der Waals surface area contributed by atoms with Crippen molar-refractivity contribution in [2.75, 3.05) is 77.2 Å². The molecule has 3 heterocycles. The molecule has 8 heteroatoms. The summed E-state index contributed by atoms with van der Waals surface area (Å²) in [5, 5.41) is 10.7. The molecule has 0 saturated carbocycles. The Kier molecular flexibility index (Phi) is 8.11. The van der Waals surface area contributed by atoms with Crippen molar-refractivity contribution in [1.29, 1.82) is 0 Å². The molecule has 2 aliphatic heterocycles. The van der Waals surface area contributed by atoms with Crippen LogP contribution < -0.4 is 0 Å². The lowest BCUT2D eigenvalue weighted by Crippen LogP contribution is -2.37. The fourth-order valence-corrected chi connectivity index (χ4v) is 4.31. The first-order valence-electron chi connectivity index (χ1n) is 8.60. The van der Waals surface area contributed by atoms with Gasteiger partial charge >= 0.3 is 0 Å². The molecule has 0 amide bonds. The molecule has 2 saturated heterocycles. The van der Waals surface area contributed by atoms with E-state index < -0.39 is 0 Å². The van der Waals surface area contributed by atoms with E-state index in [0.29, 0.717) is 0 Å². The quantitative estimate of drug-likeness (QED) is 0.635. The maximum absolute atomic E-state index is 5.37. The average molecular weight is 371 g/mol. The maximum atomic E-state index is 5.37. The zero-order valence-electron chi connectivity index (χ0n) is 14.1. The number of hydrogen-bond acceptors (Lipinski definition) is 8. The summed E-state index contributed by atoms with van der Waals surface area (Å²) in [5.41, 5.74) is 0. The van der Waals surface area contributed by atoms with Crippen LogP contribution in [0.25, 0.3) is 0 Å². The minimum absolute atomic E-state index is 0.862. The summed E-state index contributed by atoms with van der Waals surface area (Å²) >= 11 is 3.56. The third-order valence-electron chi connectivity index (χ3n) is 4.14. The standard InChI is InChI=1S/C16H26N4O2S2/c1-2-16(24-14-8-20-5-11-22-12-6-20)18-17-15(1)23-13-7-19-3-9-21-10-4-19/h1-2H,3-14H2. The van der Waals surface area contributed by atoms with Crippen LogP contribution >= 0.6 is 23.5 Å². The van der Waals surface area contributed by atoms with Crippen molar-refractivity contribution in [3.8, 4) is 0 Å². The van der Waals surface area contributed by atoms with E-state index in [9.17, 15) is 0 Å². The third kappa shape index (κ3) is 6.50. The second-order valence-electron chi connectivity index (χ2n) is 5.81. The van der Waals surface area contributed by atoms with E-state index in [4.69, 9.17) is 9.47 Å².